The second kappa shape index (κ2) is 3.74. The predicted molar refractivity (Wildman–Crippen MR) is 37.2 cm³/mol. The Bertz CT molecular complexity index is 373. The van der Waals surface area contributed by atoms with E-state index in [0.717, 1.165) is 0 Å². The number of hydrogen-bond donors (Lipinski definition) is 0. The number of hydrogen-bond acceptors (Lipinski definition) is 7. The lowest BCUT2D eigenvalue weighted by molar-refractivity contribution is -0.255. The summed E-state index contributed by atoms with van der Waals surface area (Å²) in [4.78, 5) is 34.2. The molecule has 1 aromatic heterocycles. The maximum Gasteiger partial charge on any atom is 0.0900 e. The van der Waals surface area contributed by atoms with E-state index in [2.05, 4.69) is 4.98 Å². The first-order chi connectivity index (χ1) is 6.91. The molecule has 1 rings (SSSR count). The second-order valence-electron chi connectivity index (χ2n) is 2.49. The fourth-order valence-corrected chi connectivity index (χ4v) is 0.858. The molecule has 0 fully saturated rings. The van der Waals surface area contributed by atoms with Gasteiger partial charge in [0.25, 0.3) is 0 Å². The number of pyridine rings is 1. The molecule has 0 aliphatic carbocycles. The van der Waals surface area contributed by atoms with Crippen LogP contribution in [0.3, 0.4) is 0 Å². The Morgan fingerprint density at radius 3 is 1.53 bits per heavy atom. The molecule has 1 aromatic rings. The number of carbonyl (C=O) groups excluding carboxylic acids is 3. The van der Waals surface area contributed by atoms with E-state index < -0.39 is 34.9 Å². The van der Waals surface area contributed by atoms with Crippen molar-refractivity contribution in [3.05, 3.63) is 29.1 Å². The molecule has 1 heterocycles. The van der Waals surface area contributed by atoms with E-state index >= 15 is 0 Å². The summed E-state index contributed by atoms with van der Waals surface area (Å²) < 4.78 is 0. The lowest BCUT2D eigenvalue weighted by atomic mass is 10.2. The Morgan fingerprint density at radius 2 is 1.27 bits per heavy atom. The molecule has 0 aliphatic heterocycles. The highest BCUT2D eigenvalue weighted by atomic mass is 16.4. The van der Waals surface area contributed by atoms with E-state index in [1.54, 1.807) is 0 Å². The quantitative estimate of drug-likeness (QED) is 0.496. The molecule has 0 atom stereocenters. The second-order valence-corrected chi connectivity index (χ2v) is 2.49. The van der Waals surface area contributed by atoms with E-state index in [9.17, 15) is 29.7 Å². The first-order valence-electron chi connectivity index (χ1n) is 3.58. The summed E-state index contributed by atoms with van der Waals surface area (Å²) in [5, 5.41) is 31.1. The van der Waals surface area contributed by atoms with E-state index in [-0.39, 0.29) is 0 Å². The number of aromatic nitrogens is 1. The number of carboxylic acid groups (broad SMARTS) is 3. The topological polar surface area (TPSA) is 133 Å². The van der Waals surface area contributed by atoms with Gasteiger partial charge < -0.3 is 29.7 Å². The summed E-state index contributed by atoms with van der Waals surface area (Å²) in [6, 6.07) is 1.27. The highest BCUT2D eigenvalue weighted by molar-refractivity contribution is 5.94. The van der Waals surface area contributed by atoms with Gasteiger partial charge in [0.15, 0.2) is 0 Å². The van der Waals surface area contributed by atoms with Crippen LogP contribution in [-0.2, 0) is 0 Å². The third-order valence-corrected chi connectivity index (χ3v) is 1.48. The van der Waals surface area contributed by atoms with Gasteiger partial charge in [0.2, 0.25) is 0 Å². The summed E-state index contributed by atoms with van der Waals surface area (Å²) in [5.74, 6) is -5.30. The largest absolute Gasteiger partial charge is 0.545 e. The summed E-state index contributed by atoms with van der Waals surface area (Å²) in [7, 11) is 0. The Balaban J connectivity index is 3.39. The molecule has 78 valence electrons. The van der Waals surface area contributed by atoms with Crippen LogP contribution in [0.1, 0.15) is 31.3 Å². The molecule has 0 amide bonds. The molecular weight excluding hydrogens is 206 g/mol. The molecule has 7 nitrogen and oxygen atoms in total. The van der Waals surface area contributed by atoms with Gasteiger partial charge in [-0.25, -0.2) is 4.98 Å². The minimum atomic E-state index is -1.79. The predicted octanol–water partition coefficient (Wildman–Crippen LogP) is -3.83. The van der Waals surface area contributed by atoms with Gasteiger partial charge in [-0.2, -0.15) is 0 Å². The van der Waals surface area contributed by atoms with Crippen molar-refractivity contribution in [1.82, 2.24) is 4.98 Å². The molecular formula is C8H2NO6-3. The average Bonchev–Trinajstić information content (AvgIpc) is 2.16. The van der Waals surface area contributed by atoms with Crippen LogP contribution in [0.2, 0.25) is 0 Å². The number of rotatable bonds is 3. The molecule has 0 saturated heterocycles. The normalized spacial score (nSPS) is 9.60. The zero-order valence-electron chi connectivity index (χ0n) is 7.05. The van der Waals surface area contributed by atoms with Crippen molar-refractivity contribution >= 4 is 17.9 Å². The standard InChI is InChI=1S/C8H5NO6/c10-6(11)3-1-4(7(12)13)9-5(2-3)8(14)15/h1-2H,(H,10,11)(H,12,13)(H,14,15)/p-3. The monoisotopic (exact) mass is 208 g/mol. The maximum absolute atomic E-state index is 10.4. The average molecular weight is 208 g/mol. The number of carboxylic acids is 3. The molecule has 0 saturated carbocycles. The Labute approximate surface area is 82.6 Å². The van der Waals surface area contributed by atoms with Crippen molar-refractivity contribution in [3.63, 3.8) is 0 Å². The van der Waals surface area contributed by atoms with Gasteiger partial charge in [0.05, 0.1) is 29.3 Å². The van der Waals surface area contributed by atoms with Gasteiger partial charge in [-0.05, 0) is 12.1 Å². The molecule has 0 N–H and O–H groups in total. The third kappa shape index (κ3) is 2.27. The maximum atomic E-state index is 10.4. The lowest BCUT2D eigenvalue weighted by Gasteiger charge is -2.10. The molecule has 7 heteroatoms. The van der Waals surface area contributed by atoms with Gasteiger partial charge in [0.1, 0.15) is 0 Å². The Morgan fingerprint density at radius 1 is 0.867 bits per heavy atom. The number of aromatic carboxylic acids is 3. The molecule has 0 radical (unpaired) electrons. The van der Waals surface area contributed by atoms with Crippen LogP contribution in [0.4, 0.5) is 0 Å². The van der Waals surface area contributed by atoms with Gasteiger partial charge in [-0.15, -0.1) is 0 Å². The highest BCUT2D eigenvalue weighted by Gasteiger charge is 2.05. The number of nitrogens with zero attached hydrogens (tertiary/aromatic N) is 1. The van der Waals surface area contributed by atoms with E-state index in [0.29, 0.717) is 12.1 Å². The molecule has 0 aromatic carbocycles. The summed E-state index contributed by atoms with van der Waals surface area (Å²) in [6.07, 6.45) is 0. The first-order valence-corrected chi connectivity index (χ1v) is 3.58. The van der Waals surface area contributed by atoms with Crippen LogP contribution in [0.25, 0.3) is 0 Å². The Kier molecular flexibility index (Phi) is 2.65. The van der Waals surface area contributed by atoms with E-state index in [1.165, 1.54) is 0 Å². The highest BCUT2D eigenvalue weighted by Crippen LogP contribution is 2.04. The van der Waals surface area contributed by atoms with Gasteiger partial charge in [-0.3, -0.25) is 0 Å². The van der Waals surface area contributed by atoms with Crippen molar-refractivity contribution in [2.45, 2.75) is 0 Å². The summed E-state index contributed by atoms with van der Waals surface area (Å²) in [5.41, 5.74) is -2.24. The smallest absolute Gasteiger partial charge is 0.0900 e. The fraction of sp³-hybridized carbons (Fsp3) is 0. The summed E-state index contributed by atoms with van der Waals surface area (Å²) in [6.45, 7) is 0. The van der Waals surface area contributed by atoms with Gasteiger partial charge in [-0.1, -0.05) is 0 Å². The van der Waals surface area contributed by atoms with Crippen LogP contribution in [0.15, 0.2) is 12.1 Å². The zero-order chi connectivity index (χ0) is 11.6. The van der Waals surface area contributed by atoms with E-state index in [1.807, 2.05) is 0 Å². The van der Waals surface area contributed by atoms with Crippen LogP contribution in [0.5, 0.6) is 0 Å². The minimum Gasteiger partial charge on any atom is -0.545 e. The lowest BCUT2D eigenvalue weighted by Crippen LogP contribution is -2.30. The molecule has 0 bridgehead atoms. The van der Waals surface area contributed by atoms with Crippen molar-refractivity contribution < 1.29 is 29.7 Å². The molecule has 15 heavy (non-hydrogen) atoms. The van der Waals surface area contributed by atoms with Gasteiger partial charge >= 0.3 is 0 Å². The zero-order valence-corrected chi connectivity index (χ0v) is 7.05. The molecule has 0 spiro atoms. The fourth-order valence-electron chi connectivity index (χ4n) is 0.858. The third-order valence-electron chi connectivity index (χ3n) is 1.48. The van der Waals surface area contributed by atoms with Crippen LogP contribution < -0.4 is 15.3 Å². The first kappa shape index (κ1) is 10.6. The SMILES string of the molecule is O=C([O-])c1cc(C(=O)[O-])nc(C(=O)[O-])c1. The van der Waals surface area contributed by atoms with Crippen molar-refractivity contribution in [2.75, 3.05) is 0 Å². The minimum absolute atomic E-state index is 0.622. The van der Waals surface area contributed by atoms with Crippen LogP contribution in [-0.4, -0.2) is 22.9 Å². The van der Waals surface area contributed by atoms with Gasteiger partial charge in [0, 0.05) is 5.56 Å². The summed E-state index contributed by atoms with van der Waals surface area (Å²) >= 11 is 0. The Hall–Kier alpha value is -2.44. The molecule has 0 unspecified atom stereocenters. The molecule has 0 aliphatic rings. The van der Waals surface area contributed by atoms with Crippen molar-refractivity contribution in [2.24, 2.45) is 0 Å². The van der Waals surface area contributed by atoms with Crippen molar-refractivity contribution in [3.8, 4) is 0 Å². The van der Waals surface area contributed by atoms with Crippen LogP contribution >= 0.6 is 0 Å². The van der Waals surface area contributed by atoms with Crippen molar-refractivity contribution in [1.29, 1.82) is 0 Å². The van der Waals surface area contributed by atoms with Crippen LogP contribution in [0, 0.1) is 0 Å². The number of carbonyl (C=O) groups is 3. The van der Waals surface area contributed by atoms with E-state index in [4.69, 9.17) is 0 Å².